The van der Waals surface area contributed by atoms with Crippen molar-refractivity contribution in [1.82, 2.24) is 5.32 Å². The average Bonchev–Trinajstić information content (AvgIpc) is 2.48. The lowest BCUT2D eigenvalue weighted by atomic mass is 10.2. The van der Waals surface area contributed by atoms with Crippen molar-refractivity contribution >= 4 is 30.6 Å². The molecule has 1 aromatic rings. The highest BCUT2D eigenvalue weighted by Gasteiger charge is 2.31. The lowest BCUT2D eigenvalue weighted by Gasteiger charge is -2.22. The van der Waals surface area contributed by atoms with Gasteiger partial charge in [-0.1, -0.05) is 29.3 Å². The topological polar surface area (TPSA) is 67.8 Å². The predicted octanol–water partition coefficient (Wildman–Crippen LogP) is 4.10. The van der Waals surface area contributed by atoms with Crippen molar-refractivity contribution in [3.8, 4) is 0 Å². The van der Waals surface area contributed by atoms with Gasteiger partial charge in [0.25, 0.3) is 7.37 Å². The molecule has 0 amide bonds. The molecule has 23 heavy (non-hydrogen) atoms. The van der Waals surface area contributed by atoms with Crippen LogP contribution < -0.4 is 5.32 Å². The molecule has 0 bridgehead atoms. The molecule has 0 aliphatic heterocycles. The van der Waals surface area contributed by atoms with E-state index in [1.165, 1.54) is 0 Å². The Morgan fingerprint density at radius 2 is 1.91 bits per heavy atom. The molecule has 0 radical (unpaired) electrons. The first-order valence-corrected chi connectivity index (χ1v) is 10.3. The van der Waals surface area contributed by atoms with Gasteiger partial charge < -0.3 is 19.7 Å². The standard InChI is InChI=1S/C15H24Cl2NO4P/c1-3-21-15(22-4-2)23(19,20)9-5-8-18-11-12-6-7-13(16)10-14(12)17/h6-7,10,15,18H,3-5,8-9,11H2,1-2H3,(H,19,20). The van der Waals surface area contributed by atoms with Crippen molar-refractivity contribution in [2.45, 2.75) is 32.8 Å². The largest absolute Gasteiger partial charge is 0.345 e. The molecule has 132 valence electrons. The van der Waals surface area contributed by atoms with E-state index in [-0.39, 0.29) is 6.16 Å². The number of nitrogens with one attached hydrogen (secondary N) is 1. The minimum Gasteiger partial charge on any atom is -0.345 e. The monoisotopic (exact) mass is 383 g/mol. The van der Waals surface area contributed by atoms with Gasteiger partial charge >= 0.3 is 0 Å². The molecule has 2 N–H and O–H groups in total. The Balaban J connectivity index is 2.36. The normalized spacial score (nSPS) is 14.2. The van der Waals surface area contributed by atoms with E-state index in [0.29, 0.717) is 42.8 Å². The van der Waals surface area contributed by atoms with Crippen molar-refractivity contribution in [3.05, 3.63) is 33.8 Å². The summed E-state index contributed by atoms with van der Waals surface area (Å²) in [5, 5.41) is 4.39. The van der Waals surface area contributed by atoms with E-state index in [2.05, 4.69) is 5.32 Å². The second-order valence-electron chi connectivity index (χ2n) is 4.96. The maximum atomic E-state index is 12.3. The molecule has 0 fully saturated rings. The quantitative estimate of drug-likeness (QED) is 0.342. The summed E-state index contributed by atoms with van der Waals surface area (Å²) >= 11 is 11.9. The summed E-state index contributed by atoms with van der Waals surface area (Å²) in [6.07, 6.45) is 0.675. The molecule has 1 rings (SSSR count). The summed E-state index contributed by atoms with van der Waals surface area (Å²) < 4.78 is 22.7. The lowest BCUT2D eigenvalue weighted by molar-refractivity contribution is -0.0871. The Morgan fingerprint density at radius 3 is 2.48 bits per heavy atom. The number of ether oxygens (including phenoxy) is 2. The summed E-state index contributed by atoms with van der Waals surface area (Å²) in [5.41, 5.74) is 0.935. The van der Waals surface area contributed by atoms with Crippen LogP contribution >= 0.6 is 30.6 Å². The Bertz CT molecular complexity index is 524. The molecule has 0 aliphatic carbocycles. The summed E-state index contributed by atoms with van der Waals surface area (Å²) in [4.78, 5) is 10.1. The Morgan fingerprint density at radius 1 is 1.26 bits per heavy atom. The van der Waals surface area contributed by atoms with E-state index in [9.17, 15) is 9.46 Å². The van der Waals surface area contributed by atoms with Crippen molar-refractivity contribution < 1.29 is 18.9 Å². The highest BCUT2D eigenvalue weighted by Crippen LogP contribution is 2.47. The first-order chi connectivity index (χ1) is 10.9. The van der Waals surface area contributed by atoms with Crippen LogP contribution in [-0.4, -0.2) is 36.8 Å². The van der Waals surface area contributed by atoms with Crippen LogP contribution in [0.2, 0.25) is 10.0 Å². The Hall–Kier alpha value is -0.130. The molecule has 0 saturated carbocycles. The highest BCUT2D eigenvalue weighted by molar-refractivity contribution is 7.58. The molecule has 0 aliphatic rings. The fourth-order valence-electron chi connectivity index (χ4n) is 1.99. The van der Waals surface area contributed by atoms with Gasteiger partial charge in [0.2, 0.25) is 6.03 Å². The second-order valence-corrected chi connectivity index (χ2v) is 8.19. The first-order valence-electron chi connectivity index (χ1n) is 7.60. The first kappa shape index (κ1) is 20.9. The molecule has 5 nitrogen and oxygen atoms in total. The van der Waals surface area contributed by atoms with Crippen molar-refractivity contribution in [2.24, 2.45) is 0 Å². The van der Waals surface area contributed by atoms with Gasteiger partial charge in [-0.2, -0.15) is 0 Å². The fraction of sp³-hybridized carbons (Fsp3) is 0.600. The Kier molecular flexibility index (Phi) is 9.71. The zero-order valence-electron chi connectivity index (χ0n) is 13.4. The average molecular weight is 384 g/mol. The number of benzene rings is 1. The van der Waals surface area contributed by atoms with Gasteiger partial charge in [-0.05, 0) is 44.5 Å². The number of hydrogen-bond acceptors (Lipinski definition) is 4. The van der Waals surface area contributed by atoms with Gasteiger partial charge in [-0.3, -0.25) is 4.57 Å². The van der Waals surface area contributed by atoms with Gasteiger partial charge in [0.05, 0.1) is 0 Å². The van der Waals surface area contributed by atoms with Crippen LogP contribution in [0, 0.1) is 0 Å². The van der Waals surface area contributed by atoms with E-state index in [4.69, 9.17) is 32.7 Å². The summed E-state index contributed by atoms with van der Waals surface area (Å²) in [6.45, 7) is 5.37. The van der Waals surface area contributed by atoms with Gasteiger partial charge in [0, 0.05) is 36.0 Å². The Labute approximate surface area is 147 Å². The van der Waals surface area contributed by atoms with Gasteiger partial charge in [-0.15, -0.1) is 0 Å². The maximum absolute atomic E-state index is 12.3. The van der Waals surface area contributed by atoms with Crippen LogP contribution in [0.3, 0.4) is 0 Å². The maximum Gasteiger partial charge on any atom is 0.255 e. The van der Waals surface area contributed by atoms with E-state index in [1.54, 1.807) is 26.0 Å². The third-order valence-electron chi connectivity index (χ3n) is 3.11. The molecule has 0 heterocycles. The molecular formula is C15H24Cl2NO4P. The molecule has 1 atom stereocenters. The van der Waals surface area contributed by atoms with Gasteiger partial charge in [0.15, 0.2) is 0 Å². The molecule has 1 unspecified atom stereocenters. The molecule has 0 spiro atoms. The van der Waals surface area contributed by atoms with Crippen molar-refractivity contribution in [3.63, 3.8) is 0 Å². The van der Waals surface area contributed by atoms with E-state index in [1.807, 2.05) is 6.07 Å². The van der Waals surface area contributed by atoms with E-state index < -0.39 is 13.4 Å². The predicted molar refractivity (Wildman–Crippen MR) is 94.5 cm³/mol. The molecule has 0 saturated heterocycles. The minimum atomic E-state index is -3.49. The van der Waals surface area contributed by atoms with Crippen LogP contribution in [0.1, 0.15) is 25.8 Å². The molecule has 8 heteroatoms. The van der Waals surface area contributed by atoms with Crippen LogP contribution in [0.15, 0.2) is 18.2 Å². The van der Waals surface area contributed by atoms with E-state index in [0.717, 1.165) is 5.56 Å². The van der Waals surface area contributed by atoms with Crippen LogP contribution in [-0.2, 0) is 20.6 Å². The van der Waals surface area contributed by atoms with Crippen molar-refractivity contribution in [2.75, 3.05) is 25.9 Å². The van der Waals surface area contributed by atoms with Crippen molar-refractivity contribution in [1.29, 1.82) is 0 Å². The molecular weight excluding hydrogens is 360 g/mol. The molecule has 1 aromatic carbocycles. The van der Waals surface area contributed by atoms with Gasteiger partial charge in [-0.25, -0.2) is 0 Å². The highest BCUT2D eigenvalue weighted by atomic mass is 35.5. The number of halogens is 2. The van der Waals surface area contributed by atoms with Crippen LogP contribution in [0.4, 0.5) is 0 Å². The second kappa shape index (κ2) is 10.7. The zero-order valence-corrected chi connectivity index (χ0v) is 15.8. The molecule has 0 aromatic heterocycles. The summed E-state index contributed by atoms with van der Waals surface area (Å²) in [7, 11) is -3.49. The number of hydrogen-bond donors (Lipinski definition) is 2. The third kappa shape index (κ3) is 7.53. The van der Waals surface area contributed by atoms with Crippen LogP contribution in [0.25, 0.3) is 0 Å². The summed E-state index contributed by atoms with van der Waals surface area (Å²) in [6, 6.07) is 4.29. The zero-order chi connectivity index (χ0) is 17.3. The number of rotatable bonds is 11. The third-order valence-corrected chi connectivity index (χ3v) is 5.61. The van der Waals surface area contributed by atoms with Crippen LogP contribution in [0.5, 0.6) is 0 Å². The lowest BCUT2D eigenvalue weighted by Crippen LogP contribution is -2.21. The SMILES string of the molecule is CCOC(OCC)P(=O)(O)CCCNCc1ccc(Cl)cc1Cl. The minimum absolute atomic E-state index is 0.138. The summed E-state index contributed by atoms with van der Waals surface area (Å²) in [5.74, 6) is 0. The van der Waals surface area contributed by atoms with Gasteiger partial charge in [0.1, 0.15) is 0 Å². The smallest absolute Gasteiger partial charge is 0.255 e. The fourth-order valence-corrected chi connectivity index (χ4v) is 4.05. The van der Waals surface area contributed by atoms with E-state index >= 15 is 0 Å².